The molecule has 0 aromatic carbocycles. The number of hydrogen-bond acceptors (Lipinski definition) is 3. The van der Waals surface area contributed by atoms with Gasteiger partial charge in [0.2, 0.25) is 0 Å². The SMILES string of the molecule is COC(=O)c1c(C=CCCCl)cnn1C. The Balaban J connectivity index is 2.93. The number of aryl methyl sites for hydroxylation is 1. The first-order valence-corrected chi connectivity index (χ1v) is 5.07. The molecule has 0 N–H and O–H groups in total. The van der Waals surface area contributed by atoms with E-state index in [9.17, 15) is 4.79 Å². The molecular weight excluding hydrogens is 216 g/mol. The lowest BCUT2D eigenvalue weighted by Gasteiger charge is -2.00. The van der Waals surface area contributed by atoms with E-state index in [1.807, 2.05) is 12.2 Å². The summed E-state index contributed by atoms with van der Waals surface area (Å²) in [5, 5.41) is 4.00. The molecule has 0 bridgehead atoms. The van der Waals surface area contributed by atoms with Crippen molar-refractivity contribution in [3.05, 3.63) is 23.5 Å². The first-order valence-electron chi connectivity index (χ1n) is 4.53. The van der Waals surface area contributed by atoms with Crippen molar-refractivity contribution in [2.45, 2.75) is 6.42 Å². The molecule has 1 rings (SSSR count). The molecule has 5 heteroatoms. The van der Waals surface area contributed by atoms with Crippen LogP contribution in [0.5, 0.6) is 0 Å². The summed E-state index contributed by atoms with van der Waals surface area (Å²) in [5.74, 6) is 0.171. The summed E-state index contributed by atoms with van der Waals surface area (Å²) >= 11 is 5.54. The molecule has 0 radical (unpaired) electrons. The van der Waals surface area contributed by atoms with Crippen molar-refractivity contribution in [3.8, 4) is 0 Å². The van der Waals surface area contributed by atoms with Crippen molar-refractivity contribution in [3.63, 3.8) is 0 Å². The normalized spacial score (nSPS) is 10.9. The number of esters is 1. The second kappa shape index (κ2) is 5.56. The van der Waals surface area contributed by atoms with Crippen LogP contribution >= 0.6 is 11.6 Å². The standard InChI is InChI=1S/C10H13ClN2O2/c1-13-9(10(14)15-2)8(7-12-13)5-3-4-6-11/h3,5,7H,4,6H2,1-2H3. The zero-order valence-electron chi connectivity index (χ0n) is 8.74. The van der Waals surface area contributed by atoms with Gasteiger partial charge in [-0.15, -0.1) is 11.6 Å². The zero-order valence-corrected chi connectivity index (χ0v) is 9.49. The predicted octanol–water partition coefficient (Wildman–Crippen LogP) is 1.85. The molecule has 1 heterocycles. The van der Waals surface area contributed by atoms with Gasteiger partial charge in [-0.3, -0.25) is 4.68 Å². The fourth-order valence-corrected chi connectivity index (χ4v) is 1.32. The average molecular weight is 229 g/mol. The Morgan fingerprint density at radius 3 is 3.07 bits per heavy atom. The molecule has 0 saturated heterocycles. The Hall–Kier alpha value is -1.29. The number of methoxy groups -OCH3 is 1. The van der Waals surface area contributed by atoms with E-state index in [4.69, 9.17) is 11.6 Å². The lowest BCUT2D eigenvalue weighted by molar-refractivity contribution is 0.0588. The minimum atomic E-state index is -0.388. The lowest BCUT2D eigenvalue weighted by atomic mass is 10.2. The van der Waals surface area contributed by atoms with Crippen LogP contribution in [0.4, 0.5) is 0 Å². The summed E-state index contributed by atoms with van der Waals surface area (Å²) in [5.41, 5.74) is 1.19. The number of hydrogen-bond donors (Lipinski definition) is 0. The summed E-state index contributed by atoms with van der Waals surface area (Å²) in [7, 11) is 3.05. The molecule has 15 heavy (non-hydrogen) atoms. The highest BCUT2D eigenvalue weighted by atomic mass is 35.5. The van der Waals surface area contributed by atoms with E-state index in [0.29, 0.717) is 11.6 Å². The van der Waals surface area contributed by atoms with Gasteiger partial charge in [0.15, 0.2) is 5.69 Å². The summed E-state index contributed by atoms with van der Waals surface area (Å²) in [6, 6.07) is 0. The predicted molar refractivity (Wildman–Crippen MR) is 58.9 cm³/mol. The molecule has 0 unspecified atom stereocenters. The number of aromatic nitrogens is 2. The van der Waals surface area contributed by atoms with Crippen LogP contribution in [0.25, 0.3) is 6.08 Å². The molecule has 1 aromatic rings. The van der Waals surface area contributed by atoms with Crippen molar-refractivity contribution < 1.29 is 9.53 Å². The molecule has 0 aliphatic carbocycles. The number of ether oxygens (including phenoxy) is 1. The molecule has 0 saturated carbocycles. The highest BCUT2D eigenvalue weighted by molar-refractivity contribution is 6.17. The molecule has 0 atom stereocenters. The van der Waals surface area contributed by atoms with E-state index in [1.165, 1.54) is 11.8 Å². The van der Waals surface area contributed by atoms with E-state index in [2.05, 4.69) is 9.84 Å². The summed E-state index contributed by atoms with van der Waals surface area (Å²) in [6.45, 7) is 0. The van der Waals surface area contributed by atoms with Crippen LogP contribution in [0, 0.1) is 0 Å². The Labute approximate surface area is 93.5 Å². The zero-order chi connectivity index (χ0) is 11.3. The summed E-state index contributed by atoms with van der Waals surface area (Å²) < 4.78 is 6.15. The smallest absolute Gasteiger partial charge is 0.356 e. The van der Waals surface area contributed by atoms with Crippen LogP contribution in [-0.4, -0.2) is 28.7 Å². The quantitative estimate of drug-likeness (QED) is 0.584. The van der Waals surface area contributed by atoms with Crippen LogP contribution in [-0.2, 0) is 11.8 Å². The van der Waals surface area contributed by atoms with Crippen molar-refractivity contribution in [1.29, 1.82) is 0 Å². The highest BCUT2D eigenvalue weighted by Crippen LogP contribution is 2.11. The van der Waals surface area contributed by atoms with Gasteiger partial charge in [-0.1, -0.05) is 12.2 Å². The third-order valence-corrected chi connectivity index (χ3v) is 2.14. The van der Waals surface area contributed by atoms with Gasteiger partial charge in [0.25, 0.3) is 0 Å². The molecule has 0 aliphatic rings. The first-order chi connectivity index (χ1) is 7.20. The van der Waals surface area contributed by atoms with Gasteiger partial charge in [-0.2, -0.15) is 5.10 Å². The largest absolute Gasteiger partial charge is 0.464 e. The molecule has 1 aromatic heterocycles. The maximum absolute atomic E-state index is 11.4. The van der Waals surface area contributed by atoms with Crippen LogP contribution < -0.4 is 0 Å². The average Bonchev–Trinajstić information content (AvgIpc) is 2.59. The summed E-state index contributed by atoms with van der Waals surface area (Å²) in [6.07, 6.45) is 6.10. The second-order valence-corrected chi connectivity index (χ2v) is 3.32. The number of halogens is 1. The Kier molecular flexibility index (Phi) is 4.37. The van der Waals surface area contributed by atoms with E-state index in [0.717, 1.165) is 12.0 Å². The van der Waals surface area contributed by atoms with Gasteiger partial charge < -0.3 is 4.74 Å². The van der Waals surface area contributed by atoms with Gasteiger partial charge in [0.1, 0.15) is 0 Å². The van der Waals surface area contributed by atoms with Gasteiger partial charge in [-0.05, 0) is 6.42 Å². The van der Waals surface area contributed by atoms with Gasteiger partial charge in [-0.25, -0.2) is 4.79 Å². The van der Waals surface area contributed by atoms with Crippen molar-refractivity contribution in [2.75, 3.05) is 13.0 Å². The topological polar surface area (TPSA) is 44.1 Å². The fraction of sp³-hybridized carbons (Fsp3) is 0.400. The van der Waals surface area contributed by atoms with Crippen LogP contribution in [0.2, 0.25) is 0 Å². The molecular formula is C10H13ClN2O2. The molecule has 4 nitrogen and oxygen atoms in total. The Bertz CT molecular complexity index is 371. The minimum Gasteiger partial charge on any atom is -0.464 e. The Morgan fingerprint density at radius 1 is 1.73 bits per heavy atom. The van der Waals surface area contributed by atoms with Crippen molar-refractivity contribution in [1.82, 2.24) is 9.78 Å². The highest BCUT2D eigenvalue weighted by Gasteiger charge is 2.14. The van der Waals surface area contributed by atoms with Gasteiger partial charge >= 0.3 is 5.97 Å². The molecule has 0 amide bonds. The number of nitrogens with zero attached hydrogens (tertiary/aromatic N) is 2. The number of rotatable bonds is 4. The first kappa shape index (κ1) is 11.8. The maximum Gasteiger partial charge on any atom is 0.356 e. The second-order valence-electron chi connectivity index (χ2n) is 2.94. The maximum atomic E-state index is 11.4. The fourth-order valence-electron chi connectivity index (χ4n) is 1.20. The monoisotopic (exact) mass is 228 g/mol. The van der Waals surface area contributed by atoms with E-state index < -0.39 is 0 Å². The number of alkyl halides is 1. The number of allylic oxidation sites excluding steroid dienone is 1. The van der Waals surface area contributed by atoms with Gasteiger partial charge in [0.05, 0.1) is 13.3 Å². The molecule has 0 fully saturated rings. The Morgan fingerprint density at radius 2 is 2.47 bits per heavy atom. The minimum absolute atomic E-state index is 0.388. The van der Waals surface area contributed by atoms with E-state index >= 15 is 0 Å². The number of carbonyl (C=O) groups excluding carboxylic acids is 1. The van der Waals surface area contributed by atoms with Gasteiger partial charge in [0, 0.05) is 18.5 Å². The van der Waals surface area contributed by atoms with E-state index in [-0.39, 0.29) is 5.97 Å². The van der Waals surface area contributed by atoms with Crippen molar-refractivity contribution >= 4 is 23.6 Å². The molecule has 0 aliphatic heterocycles. The summed E-state index contributed by atoms with van der Waals surface area (Å²) in [4.78, 5) is 11.4. The van der Waals surface area contributed by atoms with Crippen LogP contribution in [0.3, 0.4) is 0 Å². The third-order valence-electron chi connectivity index (χ3n) is 1.92. The van der Waals surface area contributed by atoms with Crippen LogP contribution in [0.15, 0.2) is 12.3 Å². The molecule has 0 spiro atoms. The number of carbonyl (C=O) groups is 1. The van der Waals surface area contributed by atoms with Crippen molar-refractivity contribution in [2.24, 2.45) is 7.05 Å². The van der Waals surface area contributed by atoms with Crippen LogP contribution in [0.1, 0.15) is 22.5 Å². The van der Waals surface area contributed by atoms with E-state index in [1.54, 1.807) is 13.2 Å². The third kappa shape index (κ3) is 2.83. The lowest BCUT2D eigenvalue weighted by Crippen LogP contribution is -2.09. The molecule has 82 valence electrons.